The van der Waals surface area contributed by atoms with Gasteiger partial charge in [0, 0.05) is 6.54 Å². The summed E-state index contributed by atoms with van der Waals surface area (Å²) >= 11 is 1.73. The Kier molecular flexibility index (Phi) is 3.38. The van der Waals surface area contributed by atoms with Gasteiger partial charge in [0.2, 0.25) is 0 Å². The van der Waals surface area contributed by atoms with Crippen molar-refractivity contribution in [3.05, 3.63) is 24.3 Å². The zero-order valence-corrected chi connectivity index (χ0v) is 11.8. The zero-order chi connectivity index (χ0) is 12.5. The number of hydrogen-bond acceptors (Lipinski definition) is 3. The molecule has 0 radical (unpaired) electrons. The molecule has 0 aliphatic rings. The Hall–Kier alpha value is -1.09. The average Bonchev–Trinajstić information content (AvgIpc) is 2.69. The summed E-state index contributed by atoms with van der Waals surface area (Å²) in [5.41, 5.74) is 1.38. The molecule has 0 aliphatic heterocycles. The van der Waals surface area contributed by atoms with Crippen LogP contribution >= 0.6 is 11.3 Å². The topological polar surface area (TPSA) is 24.9 Å². The molecule has 0 bridgehead atoms. The molecule has 2 nitrogen and oxygen atoms in total. The van der Waals surface area contributed by atoms with Crippen LogP contribution in [0, 0.1) is 11.3 Å². The lowest BCUT2D eigenvalue weighted by molar-refractivity contribution is 0.269. The summed E-state index contributed by atoms with van der Waals surface area (Å²) in [5.74, 6) is 0.657. The van der Waals surface area contributed by atoms with Gasteiger partial charge in [0.25, 0.3) is 0 Å². The van der Waals surface area contributed by atoms with Crippen LogP contribution in [0.5, 0.6) is 0 Å². The predicted molar refractivity (Wildman–Crippen MR) is 76.7 cm³/mol. The van der Waals surface area contributed by atoms with Gasteiger partial charge < -0.3 is 5.32 Å². The van der Waals surface area contributed by atoms with Gasteiger partial charge in [0.1, 0.15) is 0 Å². The van der Waals surface area contributed by atoms with Gasteiger partial charge in [-0.05, 0) is 23.5 Å². The number of para-hydroxylation sites is 1. The minimum absolute atomic E-state index is 0.290. The maximum Gasteiger partial charge on any atom is 0.183 e. The van der Waals surface area contributed by atoms with Crippen molar-refractivity contribution >= 4 is 26.7 Å². The van der Waals surface area contributed by atoms with Gasteiger partial charge >= 0.3 is 0 Å². The quantitative estimate of drug-likeness (QED) is 0.868. The van der Waals surface area contributed by atoms with Crippen LogP contribution in [0.2, 0.25) is 0 Å². The van der Waals surface area contributed by atoms with Gasteiger partial charge in [-0.1, -0.05) is 51.2 Å². The smallest absolute Gasteiger partial charge is 0.183 e. The van der Waals surface area contributed by atoms with E-state index >= 15 is 0 Å². The standard InChI is InChI=1S/C14H20N2S/c1-10(2)14(3,4)9-15-13-16-11-7-5-6-8-12(11)17-13/h5-8,10H,9H2,1-4H3,(H,15,16). The third-order valence-electron chi connectivity index (χ3n) is 3.55. The number of nitrogens with zero attached hydrogens (tertiary/aromatic N) is 1. The molecule has 0 unspecified atom stereocenters. The summed E-state index contributed by atoms with van der Waals surface area (Å²) in [7, 11) is 0. The van der Waals surface area contributed by atoms with E-state index < -0.39 is 0 Å². The Morgan fingerprint density at radius 3 is 2.65 bits per heavy atom. The van der Waals surface area contributed by atoms with E-state index in [9.17, 15) is 0 Å². The summed E-state index contributed by atoms with van der Waals surface area (Å²) in [5, 5.41) is 4.49. The Morgan fingerprint density at radius 1 is 1.29 bits per heavy atom. The van der Waals surface area contributed by atoms with Crippen molar-refractivity contribution in [3.63, 3.8) is 0 Å². The molecule has 92 valence electrons. The highest BCUT2D eigenvalue weighted by molar-refractivity contribution is 7.22. The molecule has 3 heteroatoms. The lowest BCUT2D eigenvalue weighted by atomic mass is 9.81. The van der Waals surface area contributed by atoms with Crippen LogP contribution in [0.1, 0.15) is 27.7 Å². The van der Waals surface area contributed by atoms with Crippen molar-refractivity contribution in [2.75, 3.05) is 11.9 Å². The normalized spacial score (nSPS) is 12.3. The van der Waals surface area contributed by atoms with E-state index in [1.807, 2.05) is 6.07 Å². The zero-order valence-electron chi connectivity index (χ0n) is 10.9. The van der Waals surface area contributed by atoms with Crippen LogP contribution in [-0.2, 0) is 0 Å². The van der Waals surface area contributed by atoms with Gasteiger partial charge in [-0.15, -0.1) is 0 Å². The van der Waals surface area contributed by atoms with Crippen LogP contribution in [0.4, 0.5) is 5.13 Å². The SMILES string of the molecule is CC(C)C(C)(C)CNc1nc2ccccc2s1. The predicted octanol–water partition coefficient (Wildman–Crippen LogP) is 4.39. The van der Waals surface area contributed by atoms with Crippen molar-refractivity contribution < 1.29 is 0 Å². The second-order valence-electron chi connectivity index (χ2n) is 5.48. The summed E-state index contributed by atoms with van der Waals surface area (Å²) < 4.78 is 1.25. The molecule has 17 heavy (non-hydrogen) atoms. The summed E-state index contributed by atoms with van der Waals surface area (Å²) in [6.45, 7) is 10.1. The van der Waals surface area contributed by atoms with Crippen LogP contribution in [0.15, 0.2) is 24.3 Å². The number of anilines is 1. The molecule has 0 amide bonds. The highest BCUT2D eigenvalue weighted by Crippen LogP contribution is 2.29. The Bertz CT molecular complexity index is 467. The van der Waals surface area contributed by atoms with Crippen molar-refractivity contribution in [1.29, 1.82) is 0 Å². The Morgan fingerprint density at radius 2 is 2.00 bits per heavy atom. The molecule has 1 aromatic carbocycles. The maximum absolute atomic E-state index is 4.58. The summed E-state index contributed by atoms with van der Waals surface area (Å²) in [6, 6.07) is 8.27. The fraction of sp³-hybridized carbons (Fsp3) is 0.500. The number of hydrogen-bond donors (Lipinski definition) is 1. The fourth-order valence-corrected chi connectivity index (χ4v) is 2.32. The molecular weight excluding hydrogens is 228 g/mol. The molecule has 1 N–H and O–H groups in total. The van der Waals surface area contributed by atoms with Gasteiger partial charge in [-0.3, -0.25) is 0 Å². The number of fused-ring (bicyclic) bond motifs is 1. The lowest BCUT2D eigenvalue weighted by Crippen LogP contribution is -2.28. The van der Waals surface area contributed by atoms with Crippen molar-refractivity contribution in [2.45, 2.75) is 27.7 Å². The van der Waals surface area contributed by atoms with Crippen molar-refractivity contribution in [1.82, 2.24) is 4.98 Å². The first-order valence-corrected chi connectivity index (χ1v) is 6.90. The molecule has 0 aliphatic carbocycles. The molecule has 1 heterocycles. The summed E-state index contributed by atoms with van der Waals surface area (Å²) in [4.78, 5) is 4.58. The van der Waals surface area contributed by atoms with E-state index in [4.69, 9.17) is 0 Å². The second-order valence-corrected chi connectivity index (χ2v) is 6.51. The molecule has 2 aromatic rings. The molecule has 1 aromatic heterocycles. The largest absolute Gasteiger partial charge is 0.361 e. The highest BCUT2D eigenvalue weighted by atomic mass is 32.1. The third kappa shape index (κ3) is 2.78. The van der Waals surface area contributed by atoms with Gasteiger partial charge in [-0.25, -0.2) is 4.98 Å². The molecule has 0 saturated carbocycles. The van der Waals surface area contributed by atoms with Crippen LogP contribution in [0.3, 0.4) is 0 Å². The molecule has 0 saturated heterocycles. The Labute approximate surface area is 107 Å². The Balaban J connectivity index is 2.09. The summed E-state index contributed by atoms with van der Waals surface area (Å²) in [6.07, 6.45) is 0. The van der Waals surface area contributed by atoms with Gasteiger partial charge in [0.15, 0.2) is 5.13 Å². The van der Waals surface area contributed by atoms with E-state index in [2.05, 4.69) is 56.2 Å². The van der Waals surface area contributed by atoms with Crippen LogP contribution < -0.4 is 5.32 Å². The first-order chi connectivity index (χ1) is 7.99. The first kappa shape index (κ1) is 12.4. The van der Waals surface area contributed by atoms with E-state index in [0.29, 0.717) is 5.92 Å². The van der Waals surface area contributed by atoms with Crippen LogP contribution in [-0.4, -0.2) is 11.5 Å². The fourth-order valence-electron chi connectivity index (χ4n) is 1.46. The maximum atomic E-state index is 4.58. The molecule has 0 spiro atoms. The minimum atomic E-state index is 0.290. The second kappa shape index (κ2) is 4.65. The number of aromatic nitrogens is 1. The van der Waals surface area contributed by atoms with E-state index in [1.165, 1.54) is 4.70 Å². The van der Waals surface area contributed by atoms with Crippen molar-refractivity contribution in [2.24, 2.45) is 11.3 Å². The van der Waals surface area contributed by atoms with E-state index in [0.717, 1.165) is 17.2 Å². The number of benzene rings is 1. The van der Waals surface area contributed by atoms with Crippen molar-refractivity contribution in [3.8, 4) is 0 Å². The third-order valence-corrected chi connectivity index (χ3v) is 4.55. The highest BCUT2D eigenvalue weighted by Gasteiger charge is 2.22. The van der Waals surface area contributed by atoms with Gasteiger partial charge in [-0.2, -0.15) is 0 Å². The molecule has 2 rings (SSSR count). The number of rotatable bonds is 4. The van der Waals surface area contributed by atoms with E-state index in [-0.39, 0.29) is 5.41 Å². The van der Waals surface area contributed by atoms with Gasteiger partial charge in [0.05, 0.1) is 10.2 Å². The monoisotopic (exact) mass is 248 g/mol. The molecular formula is C14H20N2S. The van der Waals surface area contributed by atoms with E-state index in [1.54, 1.807) is 11.3 Å². The number of nitrogens with one attached hydrogen (secondary N) is 1. The lowest BCUT2D eigenvalue weighted by Gasteiger charge is -2.29. The average molecular weight is 248 g/mol. The molecule has 0 fully saturated rings. The van der Waals surface area contributed by atoms with Crippen LogP contribution in [0.25, 0.3) is 10.2 Å². The minimum Gasteiger partial charge on any atom is -0.361 e. The number of thiazole rings is 1. The first-order valence-electron chi connectivity index (χ1n) is 6.08. The molecule has 0 atom stereocenters.